The van der Waals surface area contributed by atoms with E-state index in [4.69, 9.17) is 4.74 Å². The van der Waals surface area contributed by atoms with Crippen LogP contribution in [0.25, 0.3) is 0 Å². The van der Waals surface area contributed by atoms with Gasteiger partial charge in [-0.05, 0) is 111 Å². The summed E-state index contributed by atoms with van der Waals surface area (Å²) in [5.41, 5.74) is 4.43. The number of hydrogen-bond acceptors (Lipinski definition) is 7. The van der Waals surface area contributed by atoms with Gasteiger partial charge in [0, 0.05) is 34.5 Å². The van der Waals surface area contributed by atoms with E-state index in [2.05, 4.69) is 21.2 Å². The van der Waals surface area contributed by atoms with E-state index in [-0.39, 0.29) is 45.8 Å². The number of aromatic hydroxyl groups is 1. The molecule has 0 unspecified atom stereocenters. The number of rotatable bonds is 5. The van der Waals surface area contributed by atoms with Crippen molar-refractivity contribution in [3.8, 4) is 11.5 Å². The van der Waals surface area contributed by atoms with E-state index >= 15 is 0 Å². The molecule has 0 aromatic heterocycles. The number of phenolic OH excluding ortho intramolecular Hbond substituents is 1. The first-order chi connectivity index (χ1) is 21.7. The van der Waals surface area contributed by atoms with Crippen LogP contribution in [-0.4, -0.2) is 35.6 Å². The normalized spacial score (nSPS) is 24.1. The van der Waals surface area contributed by atoms with Crippen LogP contribution in [0.3, 0.4) is 0 Å². The monoisotopic (exact) mass is 776 g/mol. The van der Waals surface area contributed by atoms with Gasteiger partial charge in [0.05, 0.1) is 32.7 Å². The summed E-state index contributed by atoms with van der Waals surface area (Å²) < 4.78 is 6.12. The zero-order valence-corrected chi connectivity index (χ0v) is 27.7. The van der Waals surface area contributed by atoms with Gasteiger partial charge in [0.25, 0.3) is 0 Å². The van der Waals surface area contributed by atoms with Crippen molar-refractivity contribution in [2.75, 3.05) is 17.3 Å². The lowest BCUT2D eigenvalue weighted by Gasteiger charge is -2.42. The van der Waals surface area contributed by atoms with Gasteiger partial charge in [0.2, 0.25) is 11.8 Å². The van der Waals surface area contributed by atoms with Crippen molar-refractivity contribution in [3.05, 3.63) is 109 Å². The van der Waals surface area contributed by atoms with Crippen LogP contribution in [0.15, 0.2) is 100 Å². The van der Waals surface area contributed by atoms with E-state index in [1.807, 2.05) is 71.1 Å². The highest BCUT2D eigenvalue weighted by molar-refractivity contribution is 14.1. The Morgan fingerprint density at radius 3 is 2.38 bits per heavy atom. The Morgan fingerprint density at radius 1 is 0.956 bits per heavy atom. The Kier molecular flexibility index (Phi) is 7.52. The number of Topliss-reactive ketones (excluding diaryl/α,β-unsaturated/α-hetero) is 1. The summed E-state index contributed by atoms with van der Waals surface area (Å²) in [5, 5.41) is 13.9. The molecule has 1 fully saturated rings. The molecule has 3 aliphatic carbocycles. The highest BCUT2D eigenvalue weighted by Crippen LogP contribution is 2.56. The average Bonchev–Trinajstić information content (AvgIpc) is 3.30. The number of fused-ring (bicyclic) bond motifs is 3. The summed E-state index contributed by atoms with van der Waals surface area (Å²) in [6.45, 7) is 0. The lowest BCUT2D eigenvalue weighted by Crippen LogP contribution is -2.39. The lowest BCUT2D eigenvalue weighted by atomic mass is 9.59. The third-order valence-electron chi connectivity index (χ3n) is 9.12. The highest BCUT2D eigenvalue weighted by atomic mass is 127. The Hall–Kier alpha value is -4.03. The zero-order chi connectivity index (χ0) is 31.6. The first kappa shape index (κ1) is 29.7. The molecule has 1 heterocycles. The van der Waals surface area contributed by atoms with E-state index in [0.717, 1.165) is 16.9 Å². The third kappa shape index (κ3) is 4.85. The van der Waals surface area contributed by atoms with E-state index in [1.165, 1.54) is 18.1 Å². The maximum absolute atomic E-state index is 14.2. The molecular weight excluding hydrogens is 751 g/mol. The van der Waals surface area contributed by atoms with Crippen LogP contribution >= 0.6 is 38.5 Å². The number of halogens is 2. The minimum Gasteiger partial charge on any atom is -0.504 e. The van der Waals surface area contributed by atoms with Gasteiger partial charge in [-0.25, -0.2) is 0 Å². The van der Waals surface area contributed by atoms with Crippen LogP contribution in [0.4, 0.5) is 17.1 Å². The number of hydrogen-bond donors (Lipinski definition) is 2. The number of imide groups is 1. The molecule has 45 heavy (non-hydrogen) atoms. The quantitative estimate of drug-likeness (QED) is 0.128. The largest absolute Gasteiger partial charge is 0.504 e. The fourth-order valence-electron chi connectivity index (χ4n) is 7.14. The minimum absolute atomic E-state index is 0.0213. The van der Waals surface area contributed by atoms with Gasteiger partial charge in [-0.1, -0.05) is 29.8 Å². The molecule has 4 aliphatic rings. The summed E-state index contributed by atoms with van der Waals surface area (Å²) in [6.07, 6.45) is 3.77. The maximum atomic E-state index is 14.2. The summed E-state index contributed by atoms with van der Waals surface area (Å²) >= 11 is 5.27. The number of benzene rings is 3. The van der Waals surface area contributed by atoms with Crippen molar-refractivity contribution in [1.82, 2.24) is 0 Å². The van der Waals surface area contributed by atoms with Crippen LogP contribution in [0.5, 0.6) is 11.5 Å². The number of ether oxygens (including phenoxy) is 1. The number of nitrogens with one attached hydrogen (secondary N) is 1. The number of nitrogens with zero attached hydrogens (tertiary/aromatic N) is 1. The fourth-order valence-corrected chi connectivity index (χ4v) is 8.21. The van der Waals surface area contributed by atoms with Crippen molar-refractivity contribution in [3.63, 3.8) is 0 Å². The Balaban J connectivity index is 1.27. The summed E-state index contributed by atoms with van der Waals surface area (Å²) in [4.78, 5) is 56.3. The topological polar surface area (TPSA) is 113 Å². The van der Waals surface area contributed by atoms with Crippen LogP contribution in [-0.2, 0) is 19.2 Å². The van der Waals surface area contributed by atoms with Crippen molar-refractivity contribution in [2.24, 2.45) is 17.8 Å². The number of amides is 2. The van der Waals surface area contributed by atoms with Crippen LogP contribution in [0, 0.1) is 21.3 Å². The molecule has 0 saturated carbocycles. The van der Waals surface area contributed by atoms with Gasteiger partial charge in [-0.3, -0.25) is 24.1 Å². The Morgan fingerprint density at radius 2 is 1.67 bits per heavy atom. The van der Waals surface area contributed by atoms with Gasteiger partial charge in [-0.2, -0.15) is 0 Å². The lowest BCUT2D eigenvalue weighted by molar-refractivity contribution is -0.123. The predicted octanol–water partition coefficient (Wildman–Crippen LogP) is 6.72. The molecule has 0 bridgehead atoms. The van der Waals surface area contributed by atoms with E-state index in [0.29, 0.717) is 32.4 Å². The molecule has 2 N–H and O–H groups in total. The second-order valence-electron chi connectivity index (χ2n) is 11.5. The number of para-hydroxylation sites is 1. The van der Waals surface area contributed by atoms with Crippen molar-refractivity contribution < 1.29 is 29.0 Å². The standard InChI is InChI=1S/C35H26BrIN2O6/c1-45-28-14-17(13-26(37)33(28)42)29-21-11-12-22-30(23(21)15-24-31(29)27(40)16-25(36)32(24)41)35(44)39(34(22)43)20-9-7-19(8-10-20)38-18-5-3-2-4-6-18/h2-11,13-14,16,22-23,29-30,38,42H,12,15H2,1H3/t22-,23+,29-,30-/m0/s1. The molecule has 1 aliphatic heterocycles. The number of anilines is 3. The molecule has 2 amide bonds. The fraction of sp³-hybridized carbons (Fsp3) is 0.200. The first-order valence-electron chi connectivity index (χ1n) is 14.4. The molecule has 8 nitrogen and oxygen atoms in total. The van der Waals surface area contributed by atoms with Crippen molar-refractivity contribution in [1.29, 1.82) is 0 Å². The molecule has 226 valence electrons. The maximum Gasteiger partial charge on any atom is 0.238 e. The number of carbonyl (C=O) groups excluding carboxylic acids is 4. The van der Waals surface area contributed by atoms with Crippen LogP contribution in [0.2, 0.25) is 0 Å². The third-order valence-corrected chi connectivity index (χ3v) is 10.5. The van der Waals surface area contributed by atoms with Gasteiger partial charge < -0.3 is 15.2 Å². The molecule has 1 saturated heterocycles. The zero-order valence-electron chi connectivity index (χ0n) is 23.9. The van der Waals surface area contributed by atoms with Gasteiger partial charge in [0.15, 0.2) is 23.1 Å². The second-order valence-corrected chi connectivity index (χ2v) is 13.5. The molecule has 10 heteroatoms. The Labute approximate surface area is 281 Å². The Bertz CT molecular complexity index is 1900. The molecular formula is C35H26BrIN2O6. The van der Waals surface area contributed by atoms with E-state index < -0.39 is 23.7 Å². The van der Waals surface area contributed by atoms with E-state index in [9.17, 15) is 24.3 Å². The number of phenols is 1. The number of allylic oxidation sites excluding steroid dienone is 6. The first-order valence-corrected chi connectivity index (χ1v) is 16.3. The van der Waals surface area contributed by atoms with Crippen molar-refractivity contribution >= 4 is 79.0 Å². The molecule has 4 atom stereocenters. The van der Waals surface area contributed by atoms with Gasteiger partial charge in [-0.15, -0.1) is 0 Å². The van der Waals surface area contributed by atoms with Gasteiger partial charge >= 0.3 is 0 Å². The highest BCUT2D eigenvalue weighted by Gasteiger charge is 2.56. The van der Waals surface area contributed by atoms with E-state index in [1.54, 1.807) is 24.3 Å². The molecule has 3 aromatic rings. The molecule has 0 spiro atoms. The second kappa shape index (κ2) is 11.4. The summed E-state index contributed by atoms with van der Waals surface area (Å²) in [6, 6.07) is 20.3. The number of methoxy groups -OCH3 is 1. The molecule has 7 rings (SSSR count). The van der Waals surface area contributed by atoms with Crippen LogP contribution in [0.1, 0.15) is 24.3 Å². The summed E-state index contributed by atoms with van der Waals surface area (Å²) in [7, 11) is 1.45. The summed E-state index contributed by atoms with van der Waals surface area (Å²) in [5.74, 6) is -3.34. The van der Waals surface area contributed by atoms with Gasteiger partial charge in [0.1, 0.15) is 0 Å². The number of carbonyl (C=O) groups is 4. The molecule has 0 radical (unpaired) electrons. The number of ketones is 2. The molecule has 3 aromatic carbocycles. The minimum atomic E-state index is -0.693. The predicted molar refractivity (Wildman–Crippen MR) is 181 cm³/mol. The SMILES string of the molecule is COc1cc([C@H]2C3=CC[C@@H]4C(=O)N(c5ccc(Nc6ccccc6)cc5)C(=O)[C@@H]4[C@@H]3CC3=C2C(=O)C=C(Br)C3=O)cc(I)c1O. The smallest absolute Gasteiger partial charge is 0.238 e. The average molecular weight is 777 g/mol. The van der Waals surface area contributed by atoms with Crippen LogP contribution < -0.4 is 15.0 Å². The van der Waals surface area contributed by atoms with Crippen molar-refractivity contribution in [2.45, 2.75) is 18.8 Å².